The van der Waals surface area contributed by atoms with Crippen LogP contribution in [-0.2, 0) is 6.54 Å². The second kappa shape index (κ2) is 4.71. The van der Waals surface area contributed by atoms with Crippen LogP contribution in [0.1, 0.15) is 16.7 Å². The lowest BCUT2D eigenvalue weighted by atomic mass is 10.1. The van der Waals surface area contributed by atoms with Crippen LogP contribution in [0, 0.1) is 18.3 Å². The normalized spacial score (nSPS) is 10.6. The molecule has 0 saturated heterocycles. The van der Waals surface area contributed by atoms with Crippen LogP contribution < -0.4 is 5.73 Å². The number of nitrogens with two attached hydrogens (primary N) is 1. The van der Waals surface area contributed by atoms with Gasteiger partial charge >= 0.3 is 0 Å². The van der Waals surface area contributed by atoms with E-state index in [-0.39, 0.29) is 0 Å². The van der Waals surface area contributed by atoms with Crippen molar-refractivity contribution in [3.05, 3.63) is 59.3 Å². The summed E-state index contributed by atoms with van der Waals surface area (Å²) in [4.78, 5) is 0. The molecular weight excluding hydrogens is 248 g/mol. The first-order chi connectivity index (χ1) is 9.67. The lowest BCUT2D eigenvalue weighted by Crippen LogP contribution is -2.03. The molecular formula is C16H14N4. The molecule has 98 valence electrons. The minimum Gasteiger partial charge on any atom is -0.399 e. The molecule has 2 N–H and O–H groups in total. The molecule has 0 aliphatic carbocycles. The van der Waals surface area contributed by atoms with Gasteiger partial charge in [-0.2, -0.15) is 10.4 Å². The molecule has 20 heavy (non-hydrogen) atoms. The number of benzene rings is 2. The van der Waals surface area contributed by atoms with E-state index in [1.54, 1.807) is 0 Å². The Morgan fingerprint density at radius 2 is 2.10 bits per heavy atom. The Hall–Kier alpha value is -2.80. The SMILES string of the molecule is Cc1cc(C#N)ccc1Cn1ncc2ccc(N)cc21. The maximum Gasteiger partial charge on any atom is 0.0991 e. The first kappa shape index (κ1) is 12.2. The topological polar surface area (TPSA) is 67.6 Å². The van der Waals surface area contributed by atoms with Crippen LogP contribution in [0.4, 0.5) is 5.69 Å². The summed E-state index contributed by atoms with van der Waals surface area (Å²) in [5.74, 6) is 0. The fraction of sp³-hybridized carbons (Fsp3) is 0.125. The maximum atomic E-state index is 8.90. The highest BCUT2D eigenvalue weighted by molar-refractivity contribution is 5.81. The summed E-state index contributed by atoms with van der Waals surface area (Å²) in [7, 11) is 0. The molecule has 0 aliphatic heterocycles. The lowest BCUT2D eigenvalue weighted by Gasteiger charge is -2.08. The van der Waals surface area contributed by atoms with Crippen LogP contribution in [0.25, 0.3) is 10.9 Å². The maximum absolute atomic E-state index is 8.90. The van der Waals surface area contributed by atoms with Gasteiger partial charge in [0.2, 0.25) is 0 Å². The highest BCUT2D eigenvalue weighted by Crippen LogP contribution is 2.19. The number of aromatic nitrogens is 2. The second-order valence-electron chi connectivity index (χ2n) is 4.87. The average Bonchev–Trinajstić information content (AvgIpc) is 2.83. The van der Waals surface area contributed by atoms with E-state index in [0.29, 0.717) is 12.1 Å². The molecule has 0 radical (unpaired) electrons. The van der Waals surface area contributed by atoms with E-state index < -0.39 is 0 Å². The molecule has 0 saturated carbocycles. The van der Waals surface area contributed by atoms with Crippen molar-refractivity contribution in [3.63, 3.8) is 0 Å². The number of anilines is 1. The molecule has 0 amide bonds. The van der Waals surface area contributed by atoms with E-state index >= 15 is 0 Å². The average molecular weight is 262 g/mol. The van der Waals surface area contributed by atoms with Gasteiger partial charge in [0, 0.05) is 11.1 Å². The number of aryl methyl sites for hydroxylation is 1. The van der Waals surface area contributed by atoms with Crippen molar-refractivity contribution in [1.29, 1.82) is 5.26 Å². The molecule has 0 bridgehead atoms. The minimum atomic E-state index is 0.671. The van der Waals surface area contributed by atoms with Crippen molar-refractivity contribution < 1.29 is 0 Å². The Kier molecular flexibility index (Phi) is 2.88. The Bertz CT molecular complexity index is 824. The number of fused-ring (bicyclic) bond motifs is 1. The molecule has 0 aliphatic rings. The summed E-state index contributed by atoms with van der Waals surface area (Å²) in [6.45, 7) is 2.68. The number of hydrogen-bond acceptors (Lipinski definition) is 3. The Morgan fingerprint density at radius 1 is 1.25 bits per heavy atom. The monoisotopic (exact) mass is 262 g/mol. The van der Waals surface area contributed by atoms with Gasteiger partial charge in [0.15, 0.2) is 0 Å². The predicted octanol–water partition coefficient (Wildman–Crippen LogP) is 2.85. The summed E-state index contributed by atoms with van der Waals surface area (Å²) in [6.07, 6.45) is 1.84. The number of nitrogens with zero attached hydrogens (tertiary/aromatic N) is 3. The molecule has 1 aromatic heterocycles. The summed E-state index contributed by atoms with van der Waals surface area (Å²) in [6, 6.07) is 13.6. The zero-order valence-corrected chi connectivity index (χ0v) is 11.2. The summed E-state index contributed by atoms with van der Waals surface area (Å²) in [5, 5.41) is 14.4. The largest absolute Gasteiger partial charge is 0.399 e. The van der Waals surface area contributed by atoms with Crippen molar-refractivity contribution in [2.24, 2.45) is 0 Å². The number of rotatable bonds is 2. The molecule has 4 nitrogen and oxygen atoms in total. The molecule has 0 atom stereocenters. The fourth-order valence-electron chi connectivity index (χ4n) is 2.32. The molecule has 3 aromatic rings. The summed E-state index contributed by atoms with van der Waals surface area (Å²) < 4.78 is 1.93. The van der Waals surface area contributed by atoms with Gasteiger partial charge in [0.25, 0.3) is 0 Å². The Balaban J connectivity index is 2.01. The van der Waals surface area contributed by atoms with Crippen molar-refractivity contribution in [1.82, 2.24) is 9.78 Å². The molecule has 3 rings (SSSR count). The van der Waals surface area contributed by atoms with E-state index in [1.807, 2.05) is 54.2 Å². The van der Waals surface area contributed by atoms with Gasteiger partial charge in [-0.15, -0.1) is 0 Å². The highest BCUT2D eigenvalue weighted by Gasteiger charge is 2.06. The predicted molar refractivity (Wildman–Crippen MR) is 79.1 cm³/mol. The van der Waals surface area contributed by atoms with E-state index in [1.165, 1.54) is 0 Å². The van der Waals surface area contributed by atoms with Crippen LogP contribution in [0.3, 0.4) is 0 Å². The summed E-state index contributed by atoms with van der Waals surface area (Å²) >= 11 is 0. The first-order valence-electron chi connectivity index (χ1n) is 6.38. The van der Waals surface area contributed by atoms with Crippen LogP contribution in [0.5, 0.6) is 0 Å². The summed E-state index contributed by atoms with van der Waals surface area (Å²) in [5.41, 5.74) is 10.5. The van der Waals surface area contributed by atoms with Gasteiger partial charge in [-0.1, -0.05) is 6.07 Å². The third-order valence-electron chi connectivity index (χ3n) is 3.46. The second-order valence-corrected chi connectivity index (χ2v) is 4.87. The zero-order chi connectivity index (χ0) is 14.1. The molecule has 2 aromatic carbocycles. The van der Waals surface area contributed by atoms with Crippen molar-refractivity contribution in [2.45, 2.75) is 13.5 Å². The number of nitriles is 1. The quantitative estimate of drug-likeness (QED) is 0.722. The molecule has 0 unspecified atom stereocenters. The lowest BCUT2D eigenvalue weighted by molar-refractivity contribution is 0.709. The van der Waals surface area contributed by atoms with Gasteiger partial charge in [0.1, 0.15) is 0 Å². The highest BCUT2D eigenvalue weighted by atomic mass is 15.3. The molecule has 1 heterocycles. The van der Waals surface area contributed by atoms with Gasteiger partial charge < -0.3 is 5.73 Å². The Labute approximate surface area is 117 Å². The fourth-order valence-corrected chi connectivity index (χ4v) is 2.32. The van der Waals surface area contributed by atoms with Crippen molar-refractivity contribution in [2.75, 3.05) is 5.73 Å². The Morgan fingerprint density at radius 3 is 2.85 bits per heavy atom. The van der Waals surface area contributed by atoms with Gasteiger partial charge in [-0.25, -0.2) is 0 Å². The van der Waals surface area contributed by atoms with Crippen molar-refractivity contribution >= 4 is 16.6 Å². The van der Waals surface area contributed by atoms with Gasteiger partial charge in [-0.3, -0.25) is 4.68 Å². The van der Waals surface area contributed by atoms with E-state index in [0.717, 1.165) is 27.7 Å². The number of hydrogen-bond donors (Lipinski definition) is 1. The number of nitrogen functional groups attached to an aromatic ring is 1. The van der Waals surface area contributed by atoms with Crippen LogP contribution >= 0.6 is 0 Å². The van der Waals surface area contributed by atoms with Crippen LogP contribution in [-0.4, -0.2) is 9.78 Å². The van der Waals surface area contributed by atoms with Gasteiger partial charge in [-0.05, 0) is 48.4 Å². The minimum absolute atomic E-state index is 0.671. The molecule has 0 spiro atoms. The van der Waals surface area contributed by atoms with Gasteiger partial charge in [0.05, 0.1) is 29.9 Å². The standard InChI is InChI=1S/C16H14N4/c1-11-6-12(8-17)2-3-14(11)10-20-16-7-15(18)5-4-13(16)9-19-20/h2-7,9H,10,18H2,1H3. The smallest absolute Gasteiger partial charge is 0.0991 e. The van der Waals surface area contributed by atoms with Crippen LogP contribution in [0.15, 0.2) is 42.6 Å². The van der Waals surface area contributed by atoms with Crippen molar-refractivity contribution in [3.8, 4) is 6.07 Å². The van der Waals surface area contributed by atoms with E-state index in [2.05, 4.69) is 11.2 Å². The van der Waals surface area contributed by atoms with Crippen LogP contribution in [0.2, 0.25) is 0 Å². The zero-order valence-electron chi connectivity index (χ0n) is 11.2. The van der Waals surface area contributed by atoms with E-state index in [4.69, 9.17) is 11.0 Å². The third kappa shape index (κ3) is 2.10. The third-order valence-corrected chi connectivity index (χ3v) is 3.46. The molecule has 0 fully saturated rings. The first-order valence-corrected chi connectivity index (χ1v) is 6.38. The van der Waals surface area contributed by atoms with E-state index in [9.17, 15) is 0 Å². The molecule has 4 heteroatoms.